The minimum absolute atomic E-state index is 0.139. The van der Waals surface area contributed by atoms with Gasteiger partial charge >= 0.3 is 6.01 Å². The first-order chi connectivity index (χ1) is 8.58. The number of ether oxygens (including phenoxy) is 2. The molecule has 1 aromatic rings. The van der Waals surface area contributed by atoms with E-state index in [1.165, 1.54) is 0 Å². The number of rotatable bonds is 3. The fourth-order valence-corrected chi connectivity index (χ4v) is 2.15. The first-order valence-corrected chi connectivity index (χ1v) is 6.41. The van der Waals surface area contributed by atoms with E-state index >= 15 is 0 Å². The molecule has 18 heavy (non-hydrogen) atoms. The van der Waals surface area contributed by atoms with Crippen molar-refractivity contribution < 1.29 is 9.47 Å². The quantitative estimate of drug-likeness (QED) is 0.832. The van der Waals surface area contributed by atoms with E-state index in [1.807, 2.05) is 25.7 Å². The summed E-state index contributed by atoms with van der Waals surface area (Å²) in [5.74, 6) is 0.542. The Hall–Kier alpha value is -1.14. The van der Waals surface area contributed by atoms with Gasteiger partial charge in [0.15, 0.2) is 0 Å². The van der Waals surface area contributed by atoms with Crippen molar-refractivity contribution in [2.24, 2.45) is 0 Å². The number of hydrogen-bond acceptors (Lipinski definition) is 6. The van der Waals surface area contributed by atoms with E-state index in [4.69, 9.17) is 21.1 Å². The molecule has 7 heteroatoms. The maximum atomic E-state index is 5.88. The fourth-order valence-electron chi connectivity index (χ4n) is 2.00. The molecule has 0 aromatic carbocycles. The lowest BCUT2D eigenvalue weighted by atomic mass is 10.2. The molecule has 1 saturated heterocycles. The van der Waals surface area contributed by atoms with Crippen LogP contribution in [0.5, 0.6) is 6.01 Å². The Morgan fingerprint density at radius 1 is 1.28 bits per heavy atom. The van der Waals surface area contributed by atoms with E-state index in [0.717, 1.165) is 13.1 Å². The predicted octanol–water partition coefficient (Wildman–Crippen LogP) is 1.54. The van der Waals surface area contributed by atoms with Crippen LogP contribution < -0.4 is 9.64 Å². The summed E-state index contributed by atoms with van der Waals surface area (Å²) in [7, 11) is 0. The number of halogens is 1. The van der Waals surface area contributed by atoms with Crippen molar-refractivity contribution in [3.63, 3.8) is 0 Å². The minimum Gasteiger partial charge on any atom is -0.464 e. The third kappa shape index (κ3) is 3.20. The van der Waals surface area contributed by atoms with Crippen LogP contribution in [0, 0.1) is 0 Å². The molecule has 2 rings (SSSR count). The summed E-state index contributed by atoms with van der Waals surface area (Å²) in [6.07, 6.45) is 0.277. The molecule has 0 saturated carbocycles. The molecule has 0 unspecified atom stereocenters. The first kappa shape index (κ1) is 13.3. The van der Waals surface area contributed by atoms with E-state index in [2.05, 4.69) is 15.0 Å². The monoisotopic (exact) mass is 272 g/mol. The highest BCUT2D eigenvalue weighted by molar-refractivity contribution is 6.28. The number of hydrogen-bond donors (Lipinski definition) is 0. The van der Waals surface area contributed by atoms with Crippen molar-refractivity contribution in [1.29, 1.82) is 0 Å². The van der Waals surface area contributed by atoms with Crippen LogP contribution in [-0.4, -0.2) is 46.9 Å². The van der Waals surface area contributed by atoms with Crippen molar-refractivity contribution in [3.8, 4) is 6.01 Å². The van der Waals surface area contributed by atoms with Crippen molar-refractivity contribution in [2.75, 3.05) is 24.6 Å². The van der Waals surface area contributed by atoms with Crippen LogP contribution in [0.1, 0.15) is 20.8 Å². The molecule has 0 spiro atoms. The molecule has 1 aromatic heterocycles. The summed E-state index contributed by atoms with van der Waals surface area (Å²) in [5, 5.41) is 0.148. The summed E-state index contributed by atoms with van der Waals surface area (Å²) >= 11 is 5.88. The maximum Gasteiger partial charge on any atom is 0.322 e. The Labute approximate surface area is 111 Å². The molecule has 0 N–H and O–H groups in total. The Balaban J connectivity index is 2.21. The average Bonchev–Trinajstić information content (AvgIpc) is 2.27. The number of aromatic nitrogens is 3. The molecule has 0 radical (unpaired) electrons. The smallest absolute Gasteiger partial charge is 0.322 e. The van der Waals surface area contributed by atoms with Gasteiger partial charge in [0.05, 0.1) is 18.8 Å². The highest BCUT2D eigenvalue weighted by Gasteiger charge is 2.25. The van der Waals surface area contributed by atoms with Gasteiger partial charge in [-0.3, -0.25) is 0 Å². The zero-order valence-corrected chi connectivity index (χ0v) is 11.5. The average molecular weight is 273 g/mol. The van der Waals surface area contributed by atoms with Crippen molar-refractivity contribution in [3.05, 3.63) is 5.28 Å². The summed E-state index contributed by atoms with van der Waals surface area (Å²) in [6, 6.07) is 0.263. The normalized spacial score (nSPS) is 24.1. The Kier molecular flexibility index (Phi) is 4.19. The van der Waals surface area contributed by atoms with Gasteiger partial charge in [-0.15, -0.1) is 0 Å². The molecule has 1 aliphatic rings. The Morgan fingerprint density at radius 2 is 1.94 bits per heavy atom. The van der Waals surface area contributed by atoms with E-state index in [-0.39, 0.29) is 23.5 Å². The maximum absolute atomic E-state index is 5.88. The largest absolute Gasteiger partial charge is 0.464 e. The Bertz CT molecular complexity index is 408. The summed E-state index contributed by atoms with van der Waals surface area (Å²) < 4.78 is 10.9. The number of anilines is 1. The van der Waals surface area contributed by atoms with Crippen LogP contribution in [0.15, 0.2) is 0 Å². The van der Waals surface area contributed by atoms with Crippen LogP contribution in [0.4, 0.5) is 5.95 Å². The second kappa shape index (κ2) is 5.67. The summed E-state index contributed by atoms with van der Waals surface area (Å²) in [6.45, 7) is 7.88. The van der Waals surface area contributed by atoms with E-state index in [0.29, 0.717) is 12.6 Å². The SMILES string of the molecule is CCOc1nc(Cl)nc(N2C[C@@H](C)O[C@@H](C)C2)n1. The third-order valence-corrected chi connectivity index (χ3v) is 2.72. The third-order valence-electron chi connectivity index (χ3n) is 2.55. The van der Waals surface area contributed by atoms with Gasteiger partial charge in [0.2, 0.25) is 11.2 Å². The minimum atomic E-state index is 0.139. The van der Waals surface area contributed by atoms with Crippen LogP contribution in [0.25, 0.3) is 0 Å². The van der Waals surface area contributed by atoms with Gasteiger partial charge in [-0.05, 0) is 32.4 Å². The molecule has 2 atom stereocenters. The second-order valence-corrected chi connectivity index (χ2v) is 4.62. The molecular formula is C11H17ClN4O2. The summed E-state index contributed by atoms with van der Waals surface area (Å²) in [4.78, 5) is 14.4. The van der Waals surface area contributed by atoms with Gasteiger partial charge in [0.25, 0.3) is 0 Å². The zero-order valence-electron chi connectivity index (χ0n) is 10.8. The van der Waals surface area contributed by atoms with Crippen molar-refractivity contribution in [1.82, 2.24) is 15.0 Å². The van der Waals surface area contributed by atoms with E-state index < -0.39 is 0 Å². The molecule has 1 aliphatic heterocycles. The lowest BCUT2D eigenvalue weighted by Crippen LogP contribution is -2.46. The van der Waals surface area contributed by atoms with E-state index in [9.17, 15) is 0 Å². The van der Waals surface area contributed by atoms with E-state index in [1.54, 1.807) is 0 Å². The molecule has 0 bridgehead atoms. The first-order valence-electron chi connectivity index (χ1n) is 6.03. The second-order valence-electron chi connectivity index (χ2n) is 4.28. The number of nitrogens with zero attached hydrogens (tertiary/aromatic N) is 4. The number of morpholine rings is 1. The molecular weight excluding hydrogens is 256 g/mol. The summed E-state index contributed by atoms with van der Waals surface area (Å²) in [5.41, 5.74) is 0. The van der Waals surface area contributed by atoms with Crippen LogP contribution in [-0.2, 0) is 4.74 Å². The lowest BCUT2D eigenvalue weighted by Gasteiger charge is -2.35. The molecule has 0 aliphatic carbocycles. The van der Waals surface area contributed by atoms with Gasteiger partial charge in [-0.25, -0.2) is 0 Å². The van der Waals surface area contributed by atoms with Crippen molar-refractivity contribution in [2.45, 2.75) is 33.0 Å². The standard InChI is InChI=1S/C11H17ClN4O2/c1-4-17-11-14-9(12)13-10(15-11)16-5-7(2)18-8(3)6-16/h7-8H,4-6H2,1-3H3/t7-,8+. The molecule has 6 nitrogen and oxygen atoms in total. The Morgan fingerprint density at radius 3 is 2.56 bits per heavy atom. The topological polar surface area (TPSA) is 60.4 Å². The molecule has 1 fully saturated rings. The fraction of sp³-hybridized carbons (Fsp3) is 0.727. The van der Waals surface area contributed by atoms with Gasteiger partial charge in [-0.2, -0.15) is 15.0 Å². The predicted molar refractivity (Wildman–Crippen MR) is 68.2 cm³/mol. The lowest BCUT2D eigenvalue weighted by molar-refractivity contribution is -0.00577. The van der Waals surface area contributed by atoms with Gasteiger partial charge in [-0.1, -0.05) is 0 Å². The van der Waals surface area contributed by atoms with Crippen molar-refractivity contribution >= 4 is 17.5 Å². The van der Waals surface area contributed by atoms with Gasteiger partial charge < -0.3 is 14.4 Å². The molecule has 2 heterocycles. The van der Waals surface area contributed by atoms with Crippen LogP contribution >= 0.6 is 11.6 Å². The van der Waals surface area contributed by atoms with Gasteiger partial charge in [0, 0.05) is 13.1 Å². The molecule has 0 amide bonds. The highest BCUT2D eigenvalue weighted by Crippen LogP contribution is 2.19. The molecule has 100 valence electrons. The zero-order chi connectivity index (χ0) is 13.1. The van der Waals surface area contributed by atoms with Gasteiger partial charge in [0.1, 0.15) is 0 Å². The van der Waals surface area contributed by atoms with Crippen LogP contribution in [0.3, 0.4) is 0 Å². The van der Waals surface area contributed by atoms with Crippen LogP contribution in [0.2, 0.25) is 5.28 Å². The highest BCUT2D eigenvalue weighted by atomic mass is 35.5.